The quantitative estimate of drug-likeness (QED) is 0.311. The highest BCUT2D eigenvalue weighted by Gasteiger charge is 2.26. The van der Waals surface area contributed by atoms with E-state index < -0.39 is 0 Å². The van der Waals surface area contributed by atoms with Crippen LogP contribution in [-0.4, -0.2) is 42.6 Å². The van der Waals surface area contributed by atoms with Crippen molar-refractivity contribution in [2.75, 3.05) is 27.2 Å². The van der Waals surface area contributed by atoms with Crippen molar-refractivity contribution >= 4 is 44.3 Å². The maximum atomic E-state index is 13.7. The van der Waals surface area contributed by atoms with Gasteiger partial charge in [-0.15, -0.1) is 0 Å². The van der Waals surface area contributed by atoms with Gasteiger partial charge in [-0.05, 0) is 54.3 Å². The zero-order chi connectivity index (χ0) is 22.0. The fourth-order valence-electron chi connectivity index (χ4n) is 3.55. The SMILES string of the molecule is CN(C)CCOc1c(-c2ccccc2)n(C(=O)c2ccccc2)c2c(Br)cc(Cl)cc12. The fraction of sp³-hybridized carbons (Fsp3) is 0.160. The van der Waals surface area contributed by atoms with Crippen LogP contribution in [0.2, 0.25) is 5.02 Å². The summed E-state index contributed by atoms with van der Waals surface area (Å²) in [5.74, 6) is 0.519. The highest BCUT2D eigenvalue weighted by Crippen LogP contribution is 2.44. The second kappa shape index (κ2) is 9.27. The number of fused-ring (bicyclic) bond motifs is 1. The van der Waals surface area contributed by atoms with E-state index in [1.54, 1.807) is 10.6 Å². The third-order valence-electron chi connectivity index (χ3n) is 4.99. The topological polar surface area (TPSA) is 34.5 Å². The summed E-state index contributed by atoms with van der Waals surface area (Å²) in [6.45, 7) is 1.23. The van der Waals surface area contributed by atoms with Crippen molar-refractivity contribution in [3.8, 4) is 17.0 Å². The van der Waals surface area contributed by atoms with Gasteiger partial charge < -0.3 is 9.64 Å². The molecule has 0 fully saturated rings. The van der Waals surface area contributed by atoms with E-state index in [2.05, 4.69) is 20.8 Å². The Kier molecular flexibility index (Phi) is 6.46. The first-order valence-electron chi connectivity index (χ1n) is 9.93. The Balaban J connectivity index is 2.03. The normalized spacial score (nSPS) is 11.3. The van der Waals surface area contributed by atoms with Gasteiger partial charge in [0, 0.05) is 32.6 Å². The minimum absolute atomic E-state index is 0.130. The van der Waals surface area contributed by atoms with Gasteiger partial charge in [-0.2, -0.15) is 0 Å². The smallest absolute Gasteiger partial charge is 0.263 e. The zero-order valence-electron chi connectivity index (χ0n) is 17.3. The van der Waals surface area contributed by atoms with Gasteiger partial charge in [0.1, 0.15) is 6.61 Å². The number of hydrogen-bond donors (Lipinski definition) is 0. The van der Waals surface area contributed by atoms with Crippen LogP contribution in [0.5, 0.6) is 5.75 Å². The van der Waals surface area contributed by atoms with Gasteiger partial charge in [-0.3, -0.25) is 9.36 Å². The molecule has 0 N–H and O–H groups in total. The number of ether oxygens (including phenoxy) is 1. The van der Waals surface area contributed by atoms with E-state index in [9.17, 15) is 4.79 Å². The van der Waals surface area contributed by atoms with Crippen LogP contribution >= 0.6 is 27.5 Å². The van der Waals surface area contributed by atoms with Crippen LogP contribution in [0.3, 0.4) is 0 Å². The molecular weight excluding hydrogens is 476 g/mol. The molecule has 4 rings (SSSR count). The Morgan fingerprint density at radius 3 is 2.32 bits per heavy atom. The number of hydrogen-bond acceptors (Lipinski definition) is 3. The molecule has 31 heavy (non-hydrogen) atoms. The Hall–Kier alpha value is -2.60. The van der Waals surface area contributed by atoms with E-state index in [-0.39, 0.29) is 5.91 Å². The van der Waals surface area contributed by atoms with E-state index >= 15 is 0 Å². The van der Waals surface area contributed by atoms with Gasteiger partial charge in [0.15, 0.2) is 5.75 Å². The van der Waals surface area contributed by atoms with Crippen molar-refractivity contribution in [1.29, 1.82) is 0 Å². The molecule has 0 spiro atoms. The molecule has 0 aliphatic carbocycles. The molecule has 158 valence electrons. The Bertz CT molecular complexity index is 1220. The molecule has 6 heteroatoms. The fourth-order valence-corrected chi connectivity index (χ4v) is 4.54. The predicted molar refractivity (Wildman–Crippen MR) is 130 cm³/mol. The van der Waals surface area contributed by atoms with E-state index in [1.165, 1.54) is 0 Å². The molecule has 0 saturated carbocycles. The second-order valence-corrected chi connectivity index (χ2v) is 8.78. The molecule has 0 saturated heterocycles. The Morgan fingerprint density at radius 1 is 1.03 bits per heavy atom. The molecule has 0 amide bonds. The number of aromatic nitrogens is 1. The number of rotatable bonds is 6. The third kappa shape index (κ3) is 4.40. The first kappa shape index (κ1) is 21.6. The molecule has 4 nitrogen and oxygen atoms in total. The highest BCUT2D eigenvalue weighted by atomic mass is 79.9. The number of halogens is 2. The molecule has 3 aromatic carbocycles. The summed E-state index contributed by atoms with van der Waals surface area (Å²) in [6, 6.07) is 22.7. The van der Waals surface area contributed by atoms with E-state index in [0.717, 1.165) is 27.5 Å². The van der Waals surface area contributed by atoms with Crippen molar-refractivity contribution in [3.63, 3.8) is 0 Å². The van der Waals surface area contributed by atoms with Crippen molar-refractivity contribution in [1.82, 2.24) is 9.47 Å². The predicted octanol–water partition coefficient (Wildman–Crippen LogP) is 6.35. The number of likely N-dealkylation sites (N-methyl/N-ethyl adjacent to an activating group) is 1. The molecule has 0 aliphatic rings. The lowest BCUT2D eigenvalue weighted by Crippen LogP contribution is -2.19. The molecule has 0 aliphatic heterocycles. The van der Waals surface area contributed by atoms with Crippen molar-refractivity contribution in [2.24, 2.45) is 0 Å². The summed E-state index contributed by atoms with van der Waals surface area (Å²) in [7, 11) is 3.99. The summed E-state index contributed by atoms with van der Waals surface area (Å²) in [6.07, 6.45) is 0. The molecule has 0 radical (unpaired) electrons. The maximum Gasteiger partial charge on any atom is 0.263 e. The first-order chi connectivity index (χ1) is 15.0. The van der Waals surface area contributed by atoms with Crippen LogP contribution in [0.4, 0.5) is 0 Å². The first-order valence-corrected chi connectivity index (χ1v) is 11.1. The van der Waals surface area contributed by atoms with Gasteiger partial charge in [-0.25, -0.2) is 0 Å². The van der Waals surface area contributed by atoms with Crippen molar-refractivity contribution in [3.05, 3.63) is 87.9 Å². The average molecular weight is 498 g/mol. The van der Waals surface area contributed by atoms with Crippen molar-refractivity contribution in [2.45, 2.75) is 0 Å². The van der Waals surface area contributed by atoms with Crippen LogP contribution in [-0.2, 0) is 0 Å². The average Bonchev–Trinajstić information content (AvgIpc) is 3.08. The lowest BCUT2D eigenvalue weighted by molar-refractivity contribution is 0.0966. The standard InChI is InChI=1S/C25H22BrClN2O2/c1-28(2)13-14-31-24-20-15-19(27)16-21(26)23(20)29(22(24)17-9-5-3-6-10-17)25(30)18-11-7-4-8-12-18/h3-12,15-16H,13-14H2,1-2H3. The molecule has 0 unspecified atom stereocenters. The monoisotopic (exact) mass is 496 g/mol. The summed E-state index contributed by atoms with van der Waals surface area (Å²) in [5, 5.41) is 1.36. The largest absolute Gasteiger partial charge is 0.489 e. The third-order valence-corrected chi connectivity index (χ3v) is 5.81. The summed E-state index contributed by atoms with van der Waals surface area (Å²) >= 11 is 10.0. The van der Waals surface area contributed by atoms with Crippen LogP contribution < -0.4 is 4.74 Å². The van der Waals surface area contributed by atoms with Gasteiger partial charge in [0.2, 0.25) is 0 Å². The van der Waals surface area contributed by atoms with Gasteiger partial charge in [0.25, 0.3) is 5.91 Å². The van der Waals surface area contributed by atoms with Crippen molar-refractivity contribution < 1.29 is 9.53 Å². The van der Waals surface area contributed by atoms with Crippen LogP contribution in [0.15, 0.2) is 77.3 Å². The van der Waals surface area contributed by atoms with Gasteiger partial charge in [0.05, 0.1) is 11.2 Å². The van der Waals surface area contributed by atoms with E-state index in [0.29, 0.717) is 28.6 Å². The lowest BCUT2D eigenvalue weighted by atomic mass is 10.1. The molecule has 4 aromatic rings. The second-order valence-electron chi connectivity index (χ2n) is 7.49. The van der Waals surface area contributed by atoms with Crippen LogP contribution in [0.25, 0.3) is 22.2 Å². The summed E-state index contributed by atoms with van der Waals surface area (Å²) in [4.78, 5) is 15.8. The molecule has 0 atom stereocenters. The van der Waals surface area contributed by atoms with E-state index in [4.69, 9.17) is 16.3 Å². The van der Waals surface area contributed by atoms with Gasteiger partial charge in [-0.1, -0.05) is 60.1 Å². The molecule has 0 bridgehead atoms. The Labute approximate surface area is 195 Å². The maximum absolute atomic E-state index is 13.7. The molecule has 1 heterocycles. The minimum atomic E-state index is -0.130. The lowest BCUT2D eigenvalue weighted by Gasteiger charge is -2.14. The van der Waals surface area contributed by atoms with Gasteiger partial charge >= 0.3 is 0 Å². The highest BCUT2D eigenvalue weighted by molar-refractivity contribution is 9.10. The Morgan fingerprint density at radius 2 is 1.68 bits per heavy atom. The molecule has 1 aromatic heterocycles. The zero-order valence-corrected chi connectivity index (χ0v) is 19.7. The number of carbonyl (C=O) groups is 1. The number of benzene rings is 3. The number of nitrogens with zero attached hydrogens (tertiary/aromatic N) is 2. The van der Waals surface area contributed by atoms with Crippen LogP contribution in [0.1, 0.15) is 10.4 Å². The minimum Gasteiger partial charge on any atom is -0.489 e. The summed E-state index contributed by atoms with van der Waals surface area (Å²) in [5.41, 5.74) is 2.94. The number of carbonyl (C=O) groups excluding carboxylic acids is 1. The summed E-state index contributed by atoms with van der Waals surface area (Å²) < 4.78 is 8.76. The van der Waals surface area contributed by atoms with Crippen LogP contribution in [0, 0.1) is 0 Å². The molecular formula is C25H22BrClN2O2. The van der Waals surface area contributed by atoms with E-state index in [1.807, 2.05) is 80.8 Å².